The lowest BCUT2D eigenvalue weighted by atomic mass is 10.3. The van der Waals surface area contributed by atoms with Gasteiger partial charge in [0.1, 0.15) is 0 Å². The van der Waals surface area contributed by atoms with Gasteiger partial charge in [0.25, 0.3) is 0 Å². The smallest absolute Gasteiger partial charge is 0.0132 e. The highest BCUT2D eigenvalue weighted by Gasteiger charge is 1.87. The number of hydrogen-bond donors (Lipinski definition) is 1. The lowest BCUT2D eigenvalue weighted by molar-refractivity contribution is 0.532. The Morgan fingerprint density at radius 2 is 2.27 bits per heavy atom. The Kier molecular flexibility index (Phi) is 7.78. The van der Waals surface area contributed by atoms with Gasteiger partial charge < -0.3 is 9.87 Å². The molecule has 0 aromatic rings. The van der Waals surface area contributed by atoms with E-state index in [4.69, 9.17) is 0 Å². The molecular formula is C7H14NO2S-. The zero-order chi connectivity index (χ0) is 8.53. The van der Waals surface area contributed by atoms with Gasteiger partial charge in [-0.05, 0) is 19.4 Å². The van der Waals surface area contributed by atoms with Gasteiger partial charge in [-0.25, -0.2) is 0 Å². The second-order valence-electron chi connectivity index (χ2n) is 2.21. The molecule has 0 fully saturated rings. The Labute approximate surface area is 70.2 Å². The average molecular weight is 176 g/mol. The highest BCUT2D eigenvalue weighted by molar-refractivity contribution is 7.79. The summed E-state index contributed by atoms with van der Waals surface area (Å²) in [4.78, 5) is 0. The van der Waals surface area contributed by atoms with Crippen LogP contribution in [-0.4, -0.2) is 27.6 Å². The third-order valence-electron chi connectivity index (χ3n) is 1.20. The minimum Gasteiger partial charge on any atom is -0.772 e. The molecule has 0 bridgehead atoms. The third-order valence-corrected chi connectivity index (χ3v) is 1.83. The molecule has 66 valence electrons. The summed E-state index contributed by atoms with van der Waals surface area (Å²) in [6, 6.07) is 0. The first kappa shape index (κ1) is 10.8. The molecule has 0 aromatic carbocycles. The standard InChI is InChI=1S/C7H15NO2S/c1-2-5-8-6-3-4-7-11(9)10/h2,8H,1,3-7H2,(H,9,10)/p-1. The predicted molar refractivity (Wildman–Crippen MR) is 46.1 cm³/mol. The molecule has 1 N–H and O–H groups in total. The number of hydrogen-bond acceptors (Lipinski definition) is 3. The Bertz CT molecular complexity index is 128. The van der Waals surface area contributed by atoms with Crippen LogP contribution in [0.25, 0.3) is 0 Å². The van der Waals surface area contributed by atoms with Crippen LogP contribution in [-0.2, 0) is 11.1 Å². The Balaban J connectivity index is 2.90. The van der Waals surface area contributed by atoms with Crippen LogP contribution in [0.15, 0.2) is 12.7 Å². The summed E-state index contributed by atoms with van der Waals surface area (Å²) >= 11 is -1.87. The van der Waals surface area contributed by atoms with Crippen LogP contribution in [0.5, 0.6) is 0 Å². The summed E-state index contributed by atoms with van der Waals surface area (Å²) in [5.41, 5.74) is 0. The maximum absolute atomic E-state index is 10.1. The fraction of sp³-hybridized carbons (Fsp3) is 0.714. The topological polar surface area (TPSA) is 52.2 Å². The van der Waals surface area contributed by atoms with E-state index in [9.17, 15) is 8.76 Å². The molecule has 0 saturated carbocycles. The van der Waals surface area contributed by atoms with Gasteiger partial charge in [-0.1, -0.05) is 17.2 Å². The van der Waals surface area contributed by atoms with Gasteiger partial charge in [0.15, 0.2) is 0 Å². The van der Waals surface area contributed by atoms with Crippen molar-refractivity contribution in [2.45, 2.75) is 12.8 Å². The van der Waals surface area contributed by atoms with Gasteiger partial charge in [-0.2, -0.15) is 0 Å². The number of unbranched alkanes of at least 4 members (excludes halogenated alkanes) is 1. The van der Waals surface area contributed by atoms with Crippen LogP contribution in [0.3, 0.4) is 0 Å². The van der Waals surface area contributed by atoms with Crippen LogP contribution < -0.4 is 5.32 Å². The molecule has 0 aliphatic heterocycles. The second kappa shape index (κ2) is 7.91. The molecule has 0 amide bonds. The highest BCUT2D eigenvalue weighted by Crippen LogP contribution is 1.88. The second-order valence-corrected chi connectivity index (χ2v) is 3.22. The first-order valence-electron chi connectivity index (χ1n) is 3.65. The van der Waals surface area contributed by atoms with E-state index in [1.54, 1.807) is 6.08 Å². The molecule has 0 saturated heterocycles. The Hall–Kier alpha value is -0.190. The van der Waals surface area contributed by atoms with Crippen molar-refractivity contribution in [3.05, 3.63) is 12.7 Å². The van der Waals surface area contributed by atoms with Crippen LogP contribution in [0.4, 0.5) is 0 Å². The molecule has 3 nitrogen and oxygen atoms in total. The van der Waals surface area contributed by atoms with Gasteiger partial charge in [0.05, 0.1) is 0 Å². The monoisotopic (exact) mass is 176 g/mol. The molecular weight excluding hydrogens is 162 g/mol. The van der Waals surface area contributed by atoms with Crippen LogP contribution in [0.1, 0.15) is 12.8 Å². The van der Waals surface area contributed by atoms with E-state index in [1.807, 2.05) is 0 Å². The first-order valence-corrected chi connectivity index (χ1v) is 4.89. The van der Waals surface area contributed by atoms with Gasteiger partial charge in [-0.3, -0.25) is 4.21 Å². The van der Waals surface area contributed by atoms with Gasteiger partial charge >= 0.3 is 0 Å². The number of nitrogens with one attached hydrogen (secondary N) is 1. The molecule has 0 spiro atoms. The van der Waals surface area contributed by atoms with Crippen LogP contribution in [0.2, 0.25) is 0 Å². The van der Waals surface area contributed by atoms with Gasteiger partial charge in [0, 0.05) is 12.3 Å². The molecule has 0 rings (SSSR count). The molecule has 0 aromatic heterocycles. The predicted octanol–water partition coefficient (Wildman–Crippen LogP) is 0.421. The van der Waals surface area contributed by atoms with Crippen molar-refractivity contribution in [1.29, 1.82) is 0 Å². The van der Waals surface area contributed by atoms with Crippen molar-refractivity contribution in [1.82, 2.24) is 5.32 Å². The fourth-order valence-corrected chi connectivity index (χ4v) is 1.11. The van der Waals surface area contributed by atoms with Crippen LogP contribution in [0, 0.1) is 0 Å². The minimum absolute atomic E-state index is 0.274. The van der Waals surface area contributed by atoms with Crippen molar-refractivity contribution in [2.24, 2.45) is 0 Å². The van der Waals surface area contributed by atoms with E-state index >= 15 is 0 Å². The summed E-state index contributed by atoms with van der Waals surface area (Å²) in [5.74, 6) is 0.274. The molecule has 1 atom stereocenters. The Morgan fingerprint density at radius 3 is 2.82 bits per heavy atom. The molecule has 0 aliphatic rings. The van der Waals surface area contributed by atoms with E-state index in [0.29, 0.717) is 0 Å². The lowest BCUT2D eigenvalue weighted by Gasteiger charge is -2.04. The summed E-state index contributed by atoms with van der Waals surface area (Å²) in [5, 5.41) is 3.09. The molecule has 11 heavy (non-hydrogen) atoms. The van der Waals surface area contributed by atoms with Gasteiger partial charge in [0.2, 0.25) is 0 Å². The van der Waals surface area contributed by atoms with Crippen molar-refractivity contribution in [3.8, 4) is 0 Å². The molecule has 0 aliphatic carbocycles. The summed E-state index contributed by atoms with van der Waals surface area (Å²) < 4.78 is 20.1. The van der Waals surface area contributed by atoms with Crippen molar-refractivity contribution < 1.29 is 8.76 Å². The first-order chi connectivity index (χ1) is 5.27. The molecule has 0 radical (unpaired) electrons. The van der Waals surface area contributed by atoms with E-state index in [2.05, 4.69) is 11.9 Å². The zero-order valence-corrected chi connectivity index (χ0v) is 7.36. The quantitative estimate of drug-likeness (QED) is 0.347. The lowest BCUT2D eigenvalue weighted by Crippen LogP contribution is -2.15. The summed E-state index contributed by atoms with van der Waals surface area (Å²) in [6.07, 6.45) is 3.42. The van der Waals surface area contributed by atoms with Crippen molar-refractivity contribution in [2.75, 3.05) is 18.8 Å². The number of rotatable bonds is 7. The minimum atomic E-state index is -1.87. The largest absolute Gasteiger partial charge is 0.772 e. The van der Waals surface area contributed by atoms with Crippen molar-refractivity contribution in [3.63, 3.8) is 0 Å². The normalized spacial score (nSPS) is 12.8. The fourth-order valence-electron chi connectivity index (χ4n) is 0.674. The van der Waals surface area contributed by atoms with Crippen molar-refractivity contribution >= 4 is 11.1 Å². The molecule has 0 heterocycles. The zero-order valence-electron chi connectivity index (χ0n) is 6.54. The third kappa shape index (κ3) is 9.81. The van der Waals surface area contributed by atoms with E-state index < -0.39 is 11.1 Å². The Morgan fingerprint density at radius 1 is 1.55 bits per heavy atom. The molecule has 4 heteroatoms. The van der Waals surface area contributed by atoms with Crippen LogP contribution >= 0.6 is 0 Å². The highest BCUT2D eigenvalue weighted by atomic mass is 32.2. The maximum atomic E-state index is 10.1. The SMILES string of the molecule is C=CCNCCCCS(=O)[O-]. The van der Waals surface area contributed by atoms with E-state index in [0.717, 1.165) is 25.9 Å². The maximum Gasteiger partial charge on any atom is 0.0132 e. The summed E-state index contributed by atoms with van der Waals surface area (Å²) in [7, 11) is 0. The van der Waals surface area contributed by atoms with Gasteiger partial charge in [-0.15, -0.1) is 6.58 Å². The average Bonchev–Trinajstić information content (AvgIpc) is 1.96. The van der Waals surface area contributed by atoms with E-state index in [-0.39, 0.29) is 5.75 Å². The molecule has 1 unspecified atom stereocenters. The van der Waals surface area contributed by atoms with E-state index in [1.165, 1.54) is 0 Å². The summed E-state index contributed by atoms with van der Waals surface area (Å²) in [6.45, 7) is 5.20.